The predicted octanol–water partition coefficient (Wildman–Crippen LogP) is 1.20. The Morgan fingerprint density at radius 2 is 1.85 bits per heavy atom. The lowest BCUT2D eigenvalue weighted by Crippen LogP contribution is -2.37. The minimum atomic E-state index is -0.583. The summed E-state index contributed by atoms with van der Waals surface area (Å²) in [5, 5.41) is 2.56. The Kier molecular flexibility index (Phi) is 2.20. The number of hydrogen-bond acceptors (Lipinski definition) is 3. The Morgan fingerprint density at radius 1 is 1.15 bits per heavy atom. The van der Waals surface area contributed by atoms with Gasteiger partial charge in [-0.15, -0.1) is 0 Å². The molecule has 4 heteroatoms. The zero-order chi connectivity index (χ0) is 9.26. The first kappa shape index (κ1) is 8.53. The van der Waals surface area contributed by atoms with Crippen LogP contribution in [0.15, 0.2) is 0 Å². The molecular formula is C9H13NO3. The third kappa shape index (κ3) is 1.66. The average molecular weight is 183 g/mol. The van der Waals surface area contributed by atoms with Crippen LogP contribution in [0.5, 0.6) is 0 Å². The fourth-order valence-corrected chi connectivity index (χ4v) is 2.15. The molecule has 1 saturated carbocycles. The van der Waals surface area contributed by atoms with Gasteiger partial charge in [0, 0.05) is 0 Å². The molecule has 0 aromatic carbocycles. The van der Waals surface area contributed by atoms with Gasteiger partial charge in [0.15, 0.2) is 0 Å². The number of alkyl carbamates (subject to hydrolysis) is 1. The molecule has 1 aliphatic heterocycles. The molecule has 0 aromatic heterocycles. The molecule has 1 heterocycles. The lowest BCUT2D eigenvalue weighted by atomic mass is 9.84. The molecule has 4 nitrogen and oxygen atoms in total. The third-order valence-electron chi connectivity index (χ3n) is 2.84. The van der Waals surface area contributed by atoms with Gasteiger partial charge in [-0.05, 0) is 18.8 Å². The normalized spacial score (nSPS) is 30.0. The van der Waals surface area contributed by atoms with Gasteiger partial charge in [0.2, 0.25) is 0 Å². The molecule has 2 fully saturated rings. The molecule has 2 rings (SSSR count). The van der Waals surface area contributed by atoms with E-state index in [0.717, 1.165) is 25.7 Å². The van der Waals surface area contributed by atoms with E-state index in [9.17, 15) is 9.59 Å². The Bertz CT molecular complexity index is 233. The van der Waals surface area contributed by atoms with Gasteiger partial charge in [0.25, 0.3) is 0 Å². The highest BCUT2D eigenvalue weighted by Crippen LogP contribution is 2.28. The molecule has 1 amide bonds. The standard InChI is InChI=1S/C9H13NO3/c11-8-7(10-9(12)13-8)6-4-2-1-3-5-6/h6-7H,1-5H2,(H,10,12)/t7-/m1/s1. The summed E-state index contributed by atoms with van der Waals surface area (Å²) in [6.45, 7) is 0. The van der Waals surface area contributed by atoms with Gasteiger partial charge in [-0.1, -0.05) is 19.3 Å². The molecule has 0 radical (unpaired) electrons. The first-order valence-corrected chi connectivity index (χ1v) is 4.79. The van der Waals surface area contributed by atoms with E-state index in [0.29, 0.717) is 5.92 Å². The Labute approximate surface area is 76.6 Å². The van der Waals surface area contributed by atoms with Gasteiger partial charge in [-0.3, -0.25) is 0 Å². The van der Waals surface area contributed by atoms with Crippen LogP contribution in [-0.4, -0.2) is 18.1 Å². The SMILES string of the molecule is O=C1N[C@H](C2CCCCC2)C(=O)O1. The summed E-state index contributed by atoms with van der Waals surface area (Å²) in [5.74, 6) is -0.0930. The zero-order valence-electron chi connectivity index (χ0n) is 7.41. The van der Waals surface area contributed by atoms with Gasteiger partial charge in [0.05, 0.1) is 0 Å². The Morgan fingerprint density at radius 3 is 2.38 bits per heavy atom. The topological polar surface area (TPSA) is 55.4 Å². The molecule has 2 aliphatic rings. The highest BCUT2D eigenvalue weighted by Gasteiger charge is 2.38. The van der Waals surface area contributed by atoms with Crippen molar-refractivity contribution in [2.24, 2.45) is 5.92 Å². The lowest BCUT2D eigenvalue weighted by molar-refractivity contribution is -0.136. The number of nitrogens with one attached hydrogen (secondary N) is 1. The first-order valence-electron chi connectivity index (χ1n) is 4.79. The van der Waals surface area contributed by atoms with Crippen LogP contribution >= 0.6 is 0 Å². The van der Waals surface area contributed by atoms with Crippen molar-refractivity contribution < 1.29 is 14.3 Å². The highest BCUT2D eigenvalue weighted by atomic mass is 16.6. The maximum Gasteiger partial charge on any atom is 0.415 e. The van der Waals surface area contributed by atoms with Crippen LogP contribution in [0, 0.1) is 5.92 Å². The van der Waals surface area contributed by atoms with Crippen molar-refractivity contribution >= 4 is 12.1 Å². The van der Waals surface area contributed by atoms with Gasteiger partial charge >= 0.3 is 12.1 Å². The van der Waals surface area contributed by atoms with E-state index in [1.807, 2.05) is 0 Å². The number of carbonyl (C=O) groups excluding carboxylic acids is 2. The van der Waals surface area contributed by atoms with Crippen LogP contribution in [0.1, 0.15) is 32.1 Å². The lowest BCUT2D eigenvalue weighted by Gasteiger charge is -2.24. The van der Waals surface area contributed by atoms with E-state index < -0.39 is 12.1 Å². The number of rotatable bonds is 1. The van der Waals surface area contributed by atoms with Crippen molar-refractivity contribution in [3.05, 3.63) is 0 Å². The largest absolute Gasteiger partial charge is 0.415 e. The minimum Gasteiger partial charge on any atom is -0.375 e. The van der Waals surface area contributed by atoms with Gasteiger partial charge in [0.1, 0.15) is 6.04 Å². The summed E-state index contributed by atoms with van der Waals surface area (Å²) in [7, 11) is 0. The van der Waals surface area contributed by atoms with Crippen LogP contribution in [0.2, 0.25) is 0 Å². The molecule has 72 valence electrons. The molecular weight excluding hydrogens is 170 g/mol. The summed E-state index contributed by atoms with van der Waals surface area (Å²) in [4.78, 5) is 21.9. The third-order valence-corrected chi connectivity index (χ3v) is 2.84. The monoisotopic (exact) mass is 183 g/mol. The summed E-state index contributed by atoms with van der Waals surface area (Å²) in [6.07, 6.45) is 5.03. The van der Waals surface area contributed by atoms with Crippen LogP contribution in [0.25, 0.3) is 0 Å². The summed E-state index contributed by atoms with van der Waals surface area (Å²) < 4.78 is 4.44. The molecule has 1 N–H and O–H groups in total. The zero-order valence-corrected chi connectivity index (χ0v) is 7.41. The van der Waals surface area contributed by atoms with Gasteiger partial charge in [-0.25, -0.2) is 9.59 Å². The van der Waals surface area contributed by atoms with Crippen molar-refractivity contribution in [1.29, 1.82) is 0 Å². The number of cyclic esters (lactones) is 2. The molecule has 0 unspecified atom stereocenters. The predicted molar refractivity (Wildman–Crippen MR) is 45.0 cm³/mol. The second-order valence-electron chi connectivity index (χ2n) is 3.73. The molecule has 0 bridgehead atoms. The number of hydrogen-bond donors (Lipinski definition) is 1. The summed E-state index contributed by atoms with van der Waals surface area (Å²) in [5.41, 5.74) is 0. The maximum absolute atomic E-state index is 11.2. The summed E-state index contributed by atoms with van der Waals surface area (Å²) in [6, 6.07) is -0.368. The van der Waals surface area contributed by atoms with Crippen LogP contribution in [-0.2, 0) is 9.53 Å². The molecule has 0 spiro atoms. The van der Waals surface area contributed by atoms with E-state index in [1.165, 1.54) is 6.42 Å². The fourth-order valence-electron chi connectivity index (χ4n) is 2.15. The Hall–Kier alpha value is -1.06. The van der Waals surface area contributed by atoms with Gasteiger partial charge in [-0.2, -0.15) is 0 Å². The Balaban J connectivity index is 1.99. The second-order valence-corrected chi connectivity index (χ2v) is 3.73. The van der Waals surface area contributed by atoms with Gasteiger partial charge < -0.3 is 10.1 Å². The van der Waals surface area contributed by atoms with E-state index in [2.05, 4.69) is 10.1 Å². The van der Waals surface area contributed by atoms with Crippen molar-refractivity contribution in [3.8, 4) is 0 Å². The highest BCUT2D eigenvalue weighted by molar-refractivity contribution is 5.95. The molecule has 0 aromatic rings. The summed E-state index contributed by atoms with van der Waals surface area (Å²) >= 11 is 0. The average Bonchev–Trinajstić information content (AvgIpc) is 2.47. The first-order chi connectivity index (χ1) is 6.27. The van der Waals surface area contributed by atoms with Crippen molar-refractivity contribution in [1.82, 2.24) is 5.32 Å². The van der Waals surface area contributed by atoms with E-state index in [-0.39, 0.29) is 6.04 Å². The van der Waals surface area contributed by atoms with E-state index in [1.54, 1.807) is 0 Å². The minimum absolute atomic E-state index is 0.299. The van der Waals surface area contributed by atoms with Crippen LogP contribution in [0.3, 0.4) is 0 Å². The van der Waals surface area contributed by atoms with Crippen molar-refractivity contribution in [3.63, 3.8) is 0 Å². The fraction of sp³-hybridized carbons (Fsp3) is 0.778. The quantitative estimate of drug-likeness (QED) is 0.491. The van der Waals surface area contributed by atoms with Crippen LogP contribution < -0.4 is 5.32 Å². The number of esters is 1. The number of ether oxygens (including phenoxy) is 1. The van der Waals surface area contributed by atoms with Crippen LogP contribution in [0.4, 0.5) is 4.79 Å². The molecule has 1 saturated heterocycles. The molecule has 1 atom stereocenters. The van der Waals surface area contributed by atoms with Crippen molar-refractivity contribution in [2.75, 3.05) is 0 Å². The molecule has 1 aliphatic carbocycles. The number of carbonyl (C=O) groups is 2. The smallest absolute Gasteiger partial charge is 0.375 e. The van der Waals surface area contributed by atoms with E-state index >= 15 is 0 Å². The molecule has 13 heavy (non-hydrogen) atoms. The maximum atomic E-state index is 11.2. The van der Waals surface area contributed by atoms with Crippen molar-refractivity contribution in [2.45, 2.75) is 38.1 Å². The number of amides is 1. The second kappa shape index (κ2) is 3.36. The van der Waals surface area contributed by atoms with E-state index in [4.69, 9.17) is 0 Å².